The molecule has 0 N–H and O–H groups in total. The van der Waals surface area contributed by atoms with Gasteiger partial charge in [0.05, 0.1) is 175 Å². The summed E-state index contributed by atoms with van der Waals surface area (Å²) >= 11 is 0. The number of nitrogens with zero attached hydrogens (tertiary/aromatic N) is 5. The summed E-state index contributed by atoms with van der Waals surface area (Å²) in [6, 6.07) is -46.9. The van der Waals surface area contributed by atoms with Crippen LogP contribution < -0.4 is 77.6 Å². The minimum absolute atomic E-state index is 0.0241. The van der Waals surface area contributed by atoms with Crippen LogP contribution in [0.5, 0.6) is 69.0 Å². The Labute approximate surface area is 882 Å². The van der Waals surface area contributed by atoms with E-state index >= 15 is 0 Å². The zero-order valence-corrected chi connectivity index (χ0v) is 69.6. The van der Waals surface area contributed by atoms with Gasteiger partial charge in [0.15, 0.2) is 0 Å². The molecule has 6 aliphatic rings. The van der Waals surface area contributed by atoms with Crippen LogP contribution in [-0.4, -0.2) is 43.0 Å². The molecule has 31 rings (SSSR count). The second-order valence-electron chi connectivity index (χ2n) is 31.7. The number of hydrogen-bond donors (Lipinski definition) is 0. The van der Waals surface area contributed by atoms with E-state index in [4.69, 9.17) is 90.1 Å². The van der Waals surface area contributed by atoms with Crippen molar-refractivity contribution in [1.82, 2.24) is 22.8 Å². The molecular weight excluding hydrogens is 1680 g/mol. The van der Waals surface area contributed by atoms with Gasteiger partial charge in [-0.3, -0.25) is 0 Å². The Bertz CT molecular complexity index is 13400. The van der Waals surface area contributed by atoms with Crippen molar-refractivity contribution in [3.05, 3.63) is 434 Å². The molecule has 0 saturated carbocycles. The first-order valence-corrected chi connectivity index (χ1v) is 41.6. The minimum Gasteiger partial charge on any atom is -0.458 e. The van der Waals surface area contributed by atoms with E-state index in [1.807, 2.05) is 0 Å². The normalized spacial score (nSPS) is 19.8. The van der Waals surface area contributed by atoms with Gasteiger partial charge in [0, 0.05) is 100 Å². The molecule has 0 fully saturated rings. The van der Waals surface area contributed by atoms with Crippen LogP contribution in [0.25, 0.3) is 149 Å². The summed E-state index contributed by atoms with van der Waals surface area (Å²) < 4.78 is 645. The molecular formula is C123H78B3N5O6. The van der Waals surface area contributed by atoms with Gasteiger partial charge in [0.1, 0.15) is 69.0 Å². The predicted octanol–water partition coefficient (Wildman–Crippen LogP) is 25.3. The average Bonchev–Trinajstić information content (AvgIpc) is 1.58. The second kappa shape index (κ2) is 29.7. The Morgan fingerprint density at radius 1 is 0.197 bits per heavy atom. The third-order valence-corrected chi connectivity index (χ3v) is 24.2. The molecule has 5 aromatic heterocycles. The van der Waals surface area contributed by atoms with E-state index in [9.17, 15) is 30.2 Å². The first-order chi connectivity index (χ1) is 95.6. The molecule has 0 bridgehead atoms. The molecule has 0 saturated heterocycles. The molecule has 11 heterocycles. The maximum Gasteiger partial charge on any atom is 0.260 e. The van der Waals surface area contributed by atoms with E-state index in [2.05, 4.69) is 0 Å². The van der Waals surface area contributed by atoms with E-state index < -0.39 is 571 Å². The van der Waals surface area contributed by atoms with Gasteiger partial charge in [0.25, 0.3) is 20.1 Å². The van der Waals surface area contributed by atoms with Crippen molar-refractivity contribution in [2.45, 2.75) is 20.8 Å². The first kappa shape index (κ1) is 36.4. The van der Waals surface area contributed by atoms with Gasteiger partial charge in [0.2, 0.25) is 0 Å². The molecule has 0 amide bonds. The fourth-order valence-electron chi connectivity index (χ4n) is 18.8. The lowest BCUT2D eigenvalue weighted by atomic mass is 9.35. The molecule has 25 aromatic rings. The van der Waals surface area contributed by atoms with Crippen LogP contribution in [0.15, 0.2) is 417 Å². The molecule has 14 heteroatoms. The summed E-state index contributed by atoms with van der Waals surface area (Å²) in [6.45, 7) is -0.445. The van der Waals surface area contributed by atoms with Gasteiger partial charge in [-0.25, -0.2) is 0 Å². The highest BCUT2D eigenvalue weighted by molar-refractivity contribution is 6.99. The Kier molecular flexibility index (Phi) is 7.89. The maximum atomic E-state index is 10.0. The summed E-state index contributed by atoms with van der Waals surface area (Å²) in [5.74, 6) is -5.73. The highest BCUT2D eigenvalue weighted by atomic mass is 16.5. The van der Waals surface area contributed by atoms with Crippen LogP contribution in [0.2, 0.25) is 0 Å². The molecule has 6 aliphatic heterocycles. The standard InChI is InChI=1S/2C43H27BN2O2.C37H24BNO2/c2*1-26-21-22-36-31(23-26)29-12-3-7-17-35(29)46(36)37-18-10-13-30-28-11-2-6-16-34(28)45(43(30)37)27-24-40-42-41(25-27)48-39-20-9-5-15-33(39)44(42)32-14-4-8-19-38(32)47-40;1-23-18-19-29-34(20-23)41-36-22-24(21-35-37(36)38(29)28-13-5-9-17-33(28)40-35)25-10-2-6-14-30(25)39-31-15-7-3-11-26(31)27-12-4-8-16-32(27)39/h2*2-25H,1H3;2-22H,1H3/i2D,3D,4D,5D,6D,7D,8D,9D,10D,11D,12D,13D,14D,15D,16D,17D,18D,19D,20D,21D,22D,23D,24D,25D;2D,3D,4D,5D,6D,7D,8D,9D,10D,11D,12D,13D,14D,15D,16D,17D,18D,19D,20D,21D,22D,23D;2D,3D,4D,5D,6D,7D,8D,9D,10D,11D,12D,13D,14D,15D,16D,17D,18D,19D,20D,21D,22D. The van der Waals surface area contributed by atoms with Crippen LogP contribution >= 0.6 is 0 Å². The maximum absolute atomic E-state index is 10.0. The van der Waals surface area contributed by atoms with Gasteiger partial charge < -0.3 is 51.3 Å². The molecule has 0 spiro atoms. The van der Waals surface area contributed by atoms with Crippen molar-refractivity contribution >= 4 is 178 Å². The molecule has 0 unspecified atom stereocenters. The molecule has 137 heavy (non-hydrogen) atoms. The fourth-order valence-corrected chi connectivity index (χ4v) is 18.8. The van der Waals surface area contributed by atoms with Gasteiger partial charge in [-0.15, -0.1) is 0 Å². The summed E-state index contributed by atoms with van der Waals surface area (Å²) in [6.07, 6.45) is 0. The number of hydrogen-bond acceptors (Lipinski definition) is 6. The lowest BCUT2D eigenvalue weighted by Crippen LogP contribution is -2.57. The van der Waals surface area contributed by atoms with Crippen molar-refractivity contribution in [3.63, 3.8) is 0 Å². The van der Waals surface area contributed by atoms with Crippen molar-refractivity contribution in [1.29, 1.82) is 0 Å². The Balaban J connectivity index is 0.000000132. The molecule has 0 radical (unpaired) electrons. The van der Waals surface area contributed by atoms with Crippen LogP contribution in [0, 0.1) is 20.8 Å². The molecule has 0 atom stereocenters. The van der Waals surface area contributed by atoms with Crippen LogP contribution in [-0.2, 0) is 0 Å². The SMILES string of the molecule is [2H]c1c([2H])c([2H])c2c(c1[2H])Oc1c([2H])c(-c3c([2H])c([2H])c([2H])c([2H])c3-n3c4c([2H])c([2H])c([2H])c([2H])c4c4c([2H])c([2H])c([2H])c([2H])c43)c([2H])c3c1B2c1c([2H])c([2H])c(C)c([2H])c1O3.[2H]c1c([2H])c([2H])c2c(c1[2H])Oc1c([2H])c(-n3c4c([2H])c([2H])c([2H])c([2H])c4c4c([2H])c([2H])c([2H])c(-n5c6c([2H])c([2H])c([2H])c([2H])c6c6c([2H])c(C)c([2H])c([2H])c65)c43)c([2H])c3c1B2c1c([2H])c([2H])c([2H])c([2H])c1O3.[2H]c1c([2H])c([2H])c2c(c1[2H])Oc1cc(-n3c4c([2H])c([2H])c([2H])c([2H])c4c4c([2H])c([2H])c([2H])c(-n5c6c([2H])c([2H])c([2H])c([2H])c6c6c([2H])c(C)c([2H])c([2H])c65)c43)cc3c1B2c1c([2H])c([2H])c([2H])c([2H])c1O3. The predicted molar refractivity (Wildman–Crippen MR) is 564 cm³/mol. The van der Waals surface area contributed by atoms with E-state index in [0.717, 1.165) is 22.8 Å². The smallest absolute Gasteiger partial charge is 0.260 e. The third-order valence-electron chi connectivity index (χ3n) is 24.2. The van der Waals surface area contributed by atoms with Crippen molar-refractivity contribution in [2.24, 2.45) is 0 Å². The first-order valence-electron chi connectivity index (χ1n) is 75.1. The lowest BCUT2D eigenvalue weighted by molar-refractivity contribution is 0.463. The lowest BCUT2D eigenvalue weighted by Gasteiger charge is -2.33. The van der Waals surface area contributed by atoms with Crippen LogP contribution in [0.3, 0.4) is 0 Å². The fraction of sp³-hybridized carbons (Fsp3) is 0.0244. The van der Waals surface area contributed by atoms with Gasteiger partial charge in [-0.2, -0.15) is 0 Å². The second-order valence-corrected chi connectivity index (χ2v) is 31.7. The van der Waals surface area contributed by atoms with Gasteiger partial charge in [-0.05, 0) is 192 Å². The molecule has 20 aromatic carbocycles. The van der Waals surface area contributed by atoms with E-state index in [-0.39, 0.29) is 138 Å². The topological polar surface area (TPSA) is 80.0 Å². The van der Waals surface area contributed by atoms with E-state index in [0.29, 0.717) is 0 Å². The van der Waals surface area contributed by atoms with Crippen LogP contribution in [0.4, 0.5) is 0 Å². The zero-order valence-electron chi connectivity index (χ0n) is 137. The minimum atomic E-state index is -1.64. The van der Waals surface area contributed by atoms with Crippen molar-refractivity contribution < 1.29 is 120 Å². The van der Waals surface area contributed by atoms with Crippen molar-refractivity contribution in [3.8, 4) is 109 Å². The van der Waals surface area contributed by atoms with Crippen molar-refractivity contribution in [2.75, 3.05) is 0 Å². The molecule has 0 aliphatic carbocycles. The van der Waals surface area contributed by atoms with Gasteiger partial charge in [-0.1, -0.05) is 277 Å². The Hall–Kier alpha value is -17.6. The number of rotatable bonds is 6. The molecule has 11 nitrogen and oxygen atoms in total. The Morgan fingerprint density at radius 3 is 0.898 bits per heavy atom. The number of aromatic nitrogens is 5. The summed E-state index contributed by atoms with van der Waals surface area (Å²) in [5, 5.41) is -3.83. The largest absolute Gasteiger partial charge is 0.458 e. The quantitative estimate of drug-likeness (QED) is 0.154. The summed E-state index contributed by atoms with van der Waals surface area (Å²) in [5.41, 5.74) is -11.2. The summed E-state index contributed by atoms with van der Waals surface area (Å²) in [7, 11) is 0. The average molecular weight is 1820 g/mol. The molecule has 640 valence electrons. The van der Waals surface area contributed by atoms with E-state index in [1.54, 1.807) is 0 Å². The number of ether oxygens (including phenoxy) is 6. The Morgan fingerprint density at radius 2 is 0.474 bits per heavy atom. The van der Waals surface area contributed by atoms with Gasteiger partial charge >= 0.3 is 0 Å². The zero-order chi connectivity index (χ0) is 148. The third kappa shape index (κ3) is 11.5. The van der Waals surface area contributed by atoms with Crippen LogP contribution in [0.1, 0.15) is 109 Å². The number of para-hydroxylation sites is 14. The highest BCUT2D eigenvalue weighted by Gasteiger charge is 2.45. The number of fused-ring (bicyclic) bond motifs is 27. The number of benzene rings is 20. The highest BCUT2D eigenvalue weighted by Crippen LogP contribution is 2.49. The monoisotopic (exact) mass is 1820 g/mol. The van der Waals surface area contributed by atoms with E-state index in [1.165, 1.54) is 32.9 Å². The summed E-state index contributed by atoms with van der Waals surface area (Å²) in [4.78, 5) is 0.